The third-order valence-electron chi connectivity index (χ3n) is 3.24. The van der Waals surface area contributed by atoms with Crippen LogP contribution in [0.1, 0.15) is 17.2 Å². The summed E-state index contributed by atoms with van der Waals surface area (Å²) in [6.45, 7) is 0. The zero-order valence-electron chi connectivity index (χ0n) is 10.4. The largest absolute Gasteiger partial charge is 0.309 e. The third-order valence-corrected chi connectivity index (χ3v) is 5.04. The zero-order valence-corrected chi connectivity index (χ0v) is 13.4. The summed E-state index contributed by atoms with van der Waals surface area (Å²) in [5.41, 5.74) is 2.62. The summed E-state index contributed by atoms with van der Waals surface area (Å²) < 4.78 is 1.31. The number of hydrogen-bond acceptors (Lipinski definition) is 3. The minimum atomic E-state index is 0.228. The number of nitrogens with zero attached hydrogens (tertiary/aromatic N) is 1. The molecule has 0 fully saturated rings. The van der Waals surface area contributed by atoms with Crippen molar-refractivity contribution in [3.8, 4) is 0 Å². The van der Waals surface area contributed by atoms with Crippen LogP contribution in [0.2, 0.25) is 0 Å². The van der Waals surface area contributed by atoms with Crippen molar-refractivity contribution in [3.05, 3.63) is 62.1 Å². The van der Waals surface area contributed by atoms with Gasteiger partial charge in [-0.2, -0.15) is 0 Å². The van der Waals surface area contributed by atoms with Crippen LogP contribution >= 0.6 is 33.9 Å². The van der Waals surface area contributed by atoms with E-state index in [0.717, 1.165) is 0 Å². The van der Waals surface area contributed by atoms with Gasteiger partial charge in [-0.1, -0.05) is 18.2 Å². The van der Waals surface area contributed by atoms with Crippen molar-refractivity contribution in [2.75, 3.05) is 7.05 Å². The molecule has 2 heterocycles. The normalized spacial score (nSPS) is 12.7. The van der Waals surface area contributed by atoms with Crippen LogP contribution in [-0.2, 0) is 0 Å². The van der Waals surface area contributed by atoms with Crippen molar-refractivity contribution in [3.63, 3.8) is 0 Å². The van der Waals surface area contributed by atoms with Crippen molar-refractivity contribution in [1.82, 2.24) is 10.3 Å². The fourth-order valence-electron chi connectivity index (χ4n) is 2.38. The first-order valence-corrected chi connectivity index (χ1v) is 7.99. The lowest BCUT2D eigenvalue weighted by molar-refractivity contribution is 0.699. The van der Waals surface area contributed by atoms with Gasteiger partial charge >= 0.3 is 0 Å². The summed E-state index contributed by atoms with van der Waals surface area (Å²) in [5.74, 6) is 0. The Balaban J connectivity index is 2.16. The fourth-order valence-corrected chi connectivity index (χ4v) is 3.77. The van der Waals surface area contributed by atoms with Crippen LogP contribution in [-0.4, -0.2) is 12.0 Å². The summed E-state index contributed by atoms with van der Waals surface area (Å²) in [4.78, 5) is 4.20. The fraction of sp³-hybridized carbons (Fsp3) is 0.133. The first-order chi connectivity index (χ1) is 9.29. The maximum Gasteiger partial charge on any atom is 0.0656 e. The summed E-state index contributed by atoms with van der Waals surface area (Å²) in [6, 6.07) is 11.0. The zero-order chi connectivity index (χ0) is 13.2. The van der Waals surface area contributed by atoms with E-state index in [-0.39, 0.29) is 6.04 Å². The van der Waals surface area contributed by atoms with Crippen LogP contribution < -0.4 is 5.32 Å². The van der Waals surface area contributed by atoms with E-state index in [9.17, 15) is 0 Å². The summed E-state index contributed by atoms with van der Waals surface area (Å²) >= 11 is 4.15. The van der Waals surface area contributed by atoms with E-state index in [1.54, 1.807) is 11.3 Å². The van der Waals surface area contributed by atoms with Crippen molar-refractivity contribution < 1.29 is 0 Å². The Hall–Kier alpha value is -0.980. The van der Waals surface area contributed by atoms with Crippen molar-refractivity contribution >= 4 is 44.7 Å². The molecular formula is C15H13IN2S. The monoisotopic (exact) mass is 380 g/mol. The molecular weight excluding hydrogens is 367 g/mol. The number of rotatable bonds is 3. The van der Waals surface area contributed by atoms with E-state index in [1.165, 1.54) is 24.8 Å². The predicted molar refractivity (Wildman–Crippen MR) is 89.7 cm³/mol. The molecule has 0 radical (unpaired) electrons. The number of aromatic nitrogens is 1. The molecule has 1 aromatic carbocycles. The Morgan fingerprint density at radius 2 is 2.21 bits per heavy atom. The number of hydrogen-bond donors (Lipinski definition) is 1. The van der Waals surface area contributed by atoms with Gasteiger partial charge < -0.3 is 5.32 Å². The van der Waals surface area contributed by atoms with E-state index in [4.69, 9.17) is 0 Å². The molecule has 1 atom stereocenters. The van der Waals surface area contributed by atoms with Crippen LogP contribution in [0.3, 0.4) is 0 Å². The second-order valence-electron chi connectivity index (χ2n) is 4.35. The maximum atomic E-state index is 4.20. The number of nitrogens with one attached hydrogen (secondary N) is 1. The summed E-state index contributed by atoms with van der Waals surface area (Å²) in [5, 5.41) is 8.10. The van der Waals surface area contributed by atoms with Gasteiger partial charge in [0.1, 0.15) is 0 Å². The minimum Gasteiger partial charge on any atom is -0.309 e. The molecule has 19 heavy (non-hydrogen) atoms. The topological polar surface area (TPSA) is 24.9 Å². The van der Waals surface area contributed by atoms with Crippen LogP contribution in [0, 0.1) is 2.88 Å². The quantitative estimate of drug-likeness (QED) is 0.689. The first kappa shape index (κ1) is 13.0. The number of benzene rings is 1. The number of halogens is 1. The molecule has 1 N–H and O–H groups in total. The Morgan fingerprint density at radius 3 is 2.95 bits per heavy atom. The smallest absolute Gasteiger partial charge is 0.0656 e. The van der Waals surface area contributed by atoms with Crippen LogP contribution in [0.15, 0.2) is 48.1 Å². The lowest BCUT2D eigenvalue weighted by atomic mass is 9.96. The molecule has 0 saturated heterocycles. The van der Waals surface area contributed by atoms with E-state index >= 15 is 0 Å². The van der Waals surface area contributed by atoms with Crippen LogP contribution in [0.4, 0.5) is 0 Å². The molecule has 2 aromatic heterocycles. The Morgan fingerprint density at radius 1 is 1.32 bits per heavy atom. The maximum absolute atomic E-state index is 4.20. The summed E-state index contributed by atoms with van der Waals surface area (Å²) in [7, 11) is 2.01. The van der Waals surface area contributed by atoms with Gasteiger partial charge in [-0.3, -0.25) is 4.98 Å². The lowest BCUT2D eigenvalue weighted by Crippen LogP contribution is -2.17. The molecule has 0 saturated carbocycles. The Kier molecular flexibility index (Phi) is 3.81. The number of fused-ring (bicyclic) bond motifs is 1. The predicted octanol–water partition coefficient (Wildman–Crippen LogP) is 4.21. The number of thiophene rings is 1. The average molecular weight is 380 g/mol. The molecule has 0 aliphatic carbocycles. The second-order valence-corrected chi connectivity index (χ2v) is 7.16. The molecule has 96 valence electrons. The van der Waals surface area contributed by atoms with Crippen molar-refractivity contribution in [2.24, 2.45) is 0 Å². The molecule has 0 bridgehead atoms. The van der Waals surface area contributed by atoms with Crippen LogP contribution in [0.5, 0.6) is 0 Å². The van der Waals surface area contributed by atoms with E-state index in [0.29, 0.717) is 0 Å². The molecule has 3 aromatic rings. The summed E-state index contributed by atoms with van der Waals surface area (Å²) in [6.07, 6.45) is 3.78. The highest BCUT2D eigenvalue weighted by Crippen LogP contribution is 2.31. The molecule has 0 aliphatic rings. The molecule has 2 nitrogen and oxygen atoms in total. The van der Waals surface area contributed by atoms with Gasteiger partial charge in [0.15, 0.2) is 0 Å². The molecule has 4 heteroatoms. The van der Waals surface area contributed by atoms with Crippen molar-refractivity contribution in [2.45, 2.75) is 6.04 Å². The highest BCUT2D eigenvalue weighted by Gasteiger charge is 2.15. The van der Waals surface area contributed by atoms with Gasteiger partial charge in [0, 0.05) is 17.8 Å². The van der Waals surface area contributed by atoms with Crippen LogP contribution in [0.25, 0.3) is 10.8 Å². The van der Waals surface area contributed by atoms with Gasteiger partial charge in [0.05, 0.1) is 8.93 Å². The van der Waals surface area contributed by atoms with Gasteiger partial charge in [0.2, 0.25) is 0 Å². The number of pyridine rings is 1. The highest BCUT2D eigenvalue weighted by atomic mass is 127. The lowest BCUT2D eigenvalue weighted by Gasteiger charge is -2.17. The highest BCUT2D eigenvalue weighted by molar-refractivity contribution is 14.1. The average Bonchev–Trinajstić information content (AvgIpc) is 2.86. The van der Waals surface area contributed by atoms with E-state index < -0.39 is 0 Å². The third kappa shape index (κ3) is 2.52. The Labute approximate surface area is 130 Å². The van der Waals surface area contributed by atoms with Gasteiger partial charge in [-0.05, 0) is 63.7 Å². The SMILES string of the molecule is CNC(c1csc(I)c1)c1cccc2cnccc12. The molecule has 0 aliphatic heterocycles. The van der Waals surface area contributed by atoms with E-state index in [2.05, 4.69) is 68.6 Å². The second kappa shape index (κ2) is 5.56. The van der Waals surface area contributed by atoms with Gasteiger partial charge in [0.25, 0.3) is 0 Å². The van der Waals surface area contributed by atoms with Crippen molar-refractivity contribution in [1.29, 1.82) is 0 Å². The molecule has 0 amide bonds. The van der Waals surface area contributed by atoms with Gasteiger partial charge in [-0.25, -0.2) is 0 Å². The first-order valence-electron chi connectivity index (χ1n) is 6.03. The molecule has 1 unspecified atom stereocenters. The molecule has 3 rings (SSSR count). The minimum absolute atomic E-state index is 0.228. The molecule has 0 spiro atoms. The Bertz CT molecular complexity index is 703. The van der Waals surface area contributed by atoms with Gasteiger partial charge in [-0.15, -0.1) is 11.3 Å². The van der Waals surface area contributed by atoms with E-state index in [1.807, 2.05) is 19.4 Å². The standard InChI is InChI=1S/C15H13IN2S/c1-17-15(11-7-14(16)19-9-11)13-4-2-3-10-8-18-6-5-12(10)13/h2-9,15,17H,1H3.